The summed E-state index contributed by atoms with van der Waals surface area (Å²) >= 11 is 0. The first-order chi connectivity index (χ1) is 10.2. The van der Waals surface area contributed by atoms with Crippen molar-refractivity contribution in [2.45, 2.75) is 0 Å². The molecule has 0 spiro atoms. The number of methoxy groups -OCH3 is 2. The van der Waals surface area contributed by atoms with Crippen LogP contribution >= 0.6 is 0 Å². The first kappa shape index (κ1) is 14.6. The van der Waals surface area contributed by atoms with Crippen molar-refractivity contribution in [2.75, 3.05) is 14.2 Å². The van der Waals surface area contributed by atoms with Crippen molar-refractivity contribution >= 4 is 11.6 Å². The van der Waals surface area contributed by atoms with Crippen molar-refractivity contribution in [3.05, 3.63) is 59.4 Å². The minimum absolute atomic E-state index is 0.153. The fraction of sp³-hybridized carbons (Fsp3) is 0.118. The highest BCUT2D eigenvalue weighted by atomic mass is 19.1. The van der Waals surface area contributed by atoms with Gasteiger partial charge in [-0.2, -0.15) is 5.26 Å². The molecule has 3 nitrogen and oxygen atoms in total. The van der Waals surface area contributed by atoms with Crippen LogP contribution < -0.4 is 9.47 Å². The highest BCUT2D eigenvalue weighted by molar-refractivity contribution is 5.89. The lowest BCUT2D eigenvalue weighted by atomic mass is 10.0. The van der Waals surface area contributed by atoms with Crippen LogP contribution in [0.5, 0.6) is 11.5 Å². The summed E-state index contributed by atoms with van der Waals surface area (Å²) in [6, 6.07) is 13.8. The van der Waals surface area contributed by atoms with Gasteiger partial charge in [0.2, 0.25) is 0 Å². The molecule has 0 heterocycles. The van der Waals surface area contributed by atoms with E-state index in [1.165, 1.54) is 19.2 Å². The van der Waals surface area contributed by atoms with Gasteiger partial charge in [-0.15, -0.1) is 0 Å². The van der Waals surface area contributed by atoms with Gasteiger partial charge in [0.1, 0.15) is 5.75 Å². The van der Waals surface area contributed by atoms with Crippen molar-refractivity contribution in [3.8, 4) is 17.6 Å². The SMILES string of the molecule is COc1ccc(/C=C(/C#N)c2ccc(OC)c(F)c2)cc1. The minimum Gasteiger partial charge on any atom is -0.497 e. The van der Waals surface area contributed by atoms with E-state index in [0.717, 1.165) is 11.3 Å². The number of hydrogen-bond acceptors (Lipinski definition) is 3. The summed E-state index contributed by atoms with van der Waals surface area (Å²) in [4.78, 5) is 0. The third-order valence-corrected chi connectivity index (χ3v) is 3.01. The van der Waals surface area contributed by atoms with Crippen molar-refractivity contribution in [2.24, 2.45) is 0 Å². The second-order valence-corrected chi connectivity index (χ2v) is 4.29. The second-order valence-electron chi connectivity index (χ2n) is 4.29. The van der Waals surface area contributed by atoms with Crippen molar-refractivity contribution in [1.29, 1.82) is 5.26 Å². The molecule has 0 radical (unpaired) electrons. The molecular formula is C17H14FNO2. The van der Waals surface area contributed by atoms with Crippen LogP contribution in [-0.2, 0) is 0 Å². The largest absolute Gasteiger partial charge is 0.497 e. The number of benzene rings is 2. The van der Waals surface area contributed by atoms with E-state index >= 15 is 0 Å². The molecule has 4 heteroatoms. The molecule has 0 aromatic heterocycles. The van der Waals surface area contributed by atoms with Gasteiger partial charge in [-0.25, -0.2) is 4.39 Å². The molecule has 0 amide bonds. The number of rotatable bonds is 4. The molecule has 0 aliphatic rings. The van der Waals surface area contributed by atoms with Crippen LogP contribution in [0, 0.1) is 17.1 Å². The summed E-state index contributed by atoms with van der Waals surface area (Å²) in [5.74, 6) is 0.396. The van der Waals surface area contributed by atoms with Crippen LogP contribution in [0.25, 0.3) is 11.6 Å². The molecule has 2 rings (SSSR count). The van der Waals surface area contributed by atoms with Gasteiger partial charge >= 0.3 is 0 Å². The maximum absolute atomic E-state index is 13.7. The first-order valence-corrected chi connectivity index (χ1v) is 6.27. The van der Waals surface area contributed by atoms with Crippen LogP contribution in [0.3, 0.4) is 0 Å². The van der Waals surface area contributed by atoms with E-state index in [4.69, 9.17) is 9.47 Å². The summed E-state index contributed by atoms with van der Waals surface area (Å²) in [6.45, 7) is 0. The lowest BCUT2D eigenvalue weighted by Crippen LogP contribution is -1.90. The maximum atomic E-state index is 13.7. The number of nitriles is 1. The Morgan fingerprint density at radius 1 is 1.10 bits per heavy atom. The van der Waals surface area contributed by atoms with Gasteiger partial charge in [0.15, 0.2) is 11.6 Å². The minimum atomic E-state index is -0.495. The highest BCUT2D eigenvalue weighted by Crippen LogP contribution is 2.24. The van der Waals surface area contributed by atoms with E-state index in [9.17, 15) is 9.65 Å². The van der Waals surface area contributed by atoms with Crippen LogP contribution in [0.2, 0.25) is 0 Å². The van der Waals surface area contributed by atoms with E-state index < -0.39 is 5.82 Å². The van der Waals surface area contributed by atoms with Crippen molar-refractivity contribution < 1.29 is 13.9 Å². The lowest BCUT2D eigenvalue weighted by Gasteiger charge is -2.05. The normalized spacial score (nSPS) is 10.9. The average molecular weight is 283 g/mol. The maximum Gasteiger partial charge on any atom is 0.165 e. The van der Waals surface area contributed by atoms with Crippen LogP contribution in [0.15, 0.2) is 42.5 Å². The van der Waals surface area contributed by atoms with Crippen LogP contribution in [-0.4, -0.2) is 14.2 Å². The van der Waals surface area contributed by atoms with E-state index in [0.29, 0.717) is 11.1 Å². The topological polar surface area (TPSA) is 42.2 Å². The molecule has 2 aromatic rings. The number of nitrogens with zero attached hydrogens (tertiary/aromatic N) is 1. The summed E-state index contributed by atoms with van der Waals surface area (Å²) in [7, 11) is 2.99. The predicted molar refractivity (Wildman–Crippen MR) is 79.4 cm³/mol. The molecule has 0 bridgehead atoms. The van der Waals surface area contributed by atoms with Crippen LogP contribution in [0.1, 0.15) is 11.1 Å². The fourth-order valence-corrected chi connectivity index (χ4v) is 1.88. The van der Waals surface area contributed by atoms with Crippen molar-refractivity contribution in [1.82, 2.24) is 0 Å². The number of ether oxygens (including phenoxy) is 2. The molecular weight excluding hydrogens is 269 g/mol. The Bertz CT molecular complexity index is 700. The van der Waals surface area contributed by atoms with Gasteiger partial charge in [0.05, 0.1) is 25.9 Å². The molecule has 0 N–H and O–H groups in total. The molecule has 0 saturated heterocycles. The van der Waals surface area contributed by atoms with Gasteiger partial charge < -0.3 is 9.47 Å². The highest BCUT2D eigenvalue weighted by Gasteiger charge is 2.07. The predicted octanol–water partition coefficient (Wildman–Crippen LogP) is 3.91. The number of halogens is 1. The Labute approximate surface area is 122 Å². The van der Waals surface area contributed by atoms with Gasteiger partial charge in [-0.05, 0) is 47.5 Å². The summed E-state index contributed by atoms with van der Waals surface area (Å²) < 4.78 is 23.6. The van der Waals surface area contributed by atoms with Gasteiger partial charge in [0, 0.05) is 0 Å². The van der Waals surface area contributed by atoms with Crippen LogP contribution in [0.4, 0.5) is 4.39 Å². The quantitative estimate of drug-likeness (QED) is 0.631. The zero-order chi connectivity index (χ0) is 15.2. The first-order valence-electron chi connectivity index (χ1n) is 6.27. The molecule has 0 aliphatic heterocycles. The Balaban J connectivity index is 2.36. The van der Waals surface area contributed by atoms with E-state index in [2.05, 4.69) is 6.07 Å². The molecule has 0 unspecified atom stereocenters. The fourth-order valence-electron chi connectivity index (χ4n) is 1.88. The van der Waals surface area contributed by atoms with E-state index in [1.54, 1.807) is 31.4 Å². The molecule has 0 saturated carbocycles. The standard InChI is InChI=1S/C17H14FNO2/c1-20-15-6-3-12(4-7-15)9-14(11-19)13-5-8-17(21-2)16(18)10-13/h3-10H,1-2H3/b14-9-. The van der Waals surface area contributed by atoms with Gasteiger partial charge in [0.25, 0.3) is 0 Å². The second kappa shape index (κ2) is 6.58. The Kier molecular flexibility index (Phi) is 4.57. The molecule has 2 aromatic carbocycles. The molecule has 0 atom stereocenters. The monoisotopic (exact) mass is 283 g/mol. The van der Waals surface area contributed by atoms with E-state index in [-0.39, 0.29) is 5.75 Å². The Hall–Kier alpha value is -2.80. The Morgan fingerprint density at radius 3 is 2.33 bits per heavy atom. The van der Waals surface area contributed by atoms with Crippen molar-refractivity contribution in [3.63, 3.8) is 0 Å². The molecule has 21 heavy (non-hydrogen) atoms. The smallest absolute Gasteiger partial charge is 0.165 e. The summed E-state index contributed by atoms with van der Waals surface area (Å²) in [5.41, 5.74) is 1.72. The molecule has 0 fully saturated rings. The third-order valence-electron chi connectivity index (χ3n) is 3.01. The molecule has 106 valence electrons. The van der Waals surface area contributed by atoms with Gasteiger partial charge in [-0.1, -0.05) is 12.1 Å². The summed E-state index contributed by atoms with van der Waals surface area (Å²) in [5, 5.41) is 9.26. The zero-order valence-corrected chi connectivity index (χ0v) is 11.8. The summed E-state index contributed by atoms with van der Waals surface area (Å²) in [6.07, 6.45) is 1.70. The zero-order valence-electron chi connectivity index (χ0n) is 11.8. The van der Waals surface area contributed by atoms with Gasteiger partial charge in [-0.3, -0.25) is 0 Å². The third kappa shape index (κ3) is 3.40. The molecule has 0 aliphatic carbocycles. The number of allylic oxidation sites excluding steroid dienone is 1. The average Bonchev–Trinajstić information content (AvgIpc) is 2.53. The number of hydrogen-bond donors (Lipinski definition) is 0. The Morgan fingerprint density at radius 2 is 1.81 bits per heavy atom. The lowest BCUT2D eigenvalue weighted by molar-refractivity contribution is 0.386. The van der Waals surface area contributed by atoms with E-state index in [1.807, 2.05) is 12.1 Å².